The van der Waals surface area contributed by atoms with Crippen LogP contribution in [0.15, 0.2) is 29.8 Å². The first-order valence-corrected chi connectivity index (χ1v) is 10.8. The summed E-state index contributed by atoms with van der Waals surface area (Å²) in [6, 6.07) is 6.54. The number of hydrogen-bond donors (Lipinski definition) is 0. The van der Waals surface area contributed by atoms with Crippen molar-refractivity contribution in [1.82, 2.24) is 24.6 Å². The number of likely N-dealkylation sites (tertiary alicyclic amines) is 1. The molecule has 0 saturated carbocycles. The van der Waals surface area contributed by atoms with Crippen LogP contribution in [0.2, 0.25) is 0 Å². The minimum Gasteiger partial charge on any atom is -0.298 e. The molecule has 0 amide bonds. The summed E-state index contributed by atoms with van der Waals surface area (Å²) in [6.07, 6.45) is 3.33. The maximum Gasteiger partial charge on any atom is 0.181 e. The number of nitrogens with zero attached hydrogens (tertiary/aromatic N) is 5. The fourth-order valence-corrected chi connectivity index (χ4v) is 4.71. The Hall–Kier alpha value is -2.12. The summed E-state index contributed by atoms with van der Waals surface area (Å²) in [5.41, 5.74) is 3.82. The maximum atomic E-state index is 13.6. The highest BCUT2D eigenvalue weighted by Gasteiger charge is 2.24. The molecular weight excluding hydrogens is 373 g/mol. The summed E-state index contributed by atoms with van der Waals surface area (Å²) < 4.78 is 15.6. The minimum absolute atomic E-state index is 0.254. The number of halogens is 1. The third kappa shape index (κ3) is 4.15. The SMILES string of the molecule is CCn1nc(-c2cccc(F)c2)nc1C1CCCN(Cc2scnc2C)CC1. The Labute approximate surface area is 169 Å². The maximum absolute atomic E-state index is 13.6. The molecule has 1 fully saturated rings. The highest BCUT2D eigenvalue weighted by molar-refractivity contribution is 7.09. The molecule has 4 rings (SSSR count). The molecule has 1 aliphatic rings. The predicted molar refractivity (Wildman–Crippen MR) is 110 cm³/mol. The second-order valence-corrected chi connectivity index (χ2v) is 8.32. The molecule has 148 valence electrons. The molecule has 1 atom stereocenters. The predicted octanol–water partition coefficient (Wildman–Crippen LogP) is 4.64. The lowest BCUT2D eigenvalue weighted by Crippen LogP contribution is -2.24. The zero-order valence-electron chi connectivity index (χ0n) is 16.4. The topological polar surface area (TPSA) is 46.8 Å². The van der Waals surface area contributed by atoms with Gasteiger partial charge in [0.05, 0.1) is 11.2 Å². The zero-order valence-corrected chi connectivity index (χ0v) is 17.3. The van der Waals surface area contributed by atoms with Crippen molar-refractivity contribution in [1.29, 1.82) is 0 Å². The number of aryl methyl sites for hydroxylation is 2. The summed E-state index contributed by atoms with van der Waals surface area (Å²) >= 11 is 1.75. The third-order valence-corrected chi connectivity index (χ3v) is 6.40. The summed E-state index contributed by atoms with van der Waals surface area (Å²) in [4.78, 5) is 13.1. The standard InChI is InChI=1S/C21H26FN5S/c1-3-27-21(24-20(25-27)17-6-4-8-18(22)12-17)16-7-5-10-26(11-9-16)13-19-15(2)23-14-28-19/h4,6,8,12,14,16H,3,5,7,9-11,13H2,1-2H3. The van der Waals surface area contributed by atoms with Crippen molar-refractivity contribution >= 4 is 11.3 Å². The Bertz CT molecular complexity index is 935. The van der Waals surface area contributed by atoms with Crippen LogP contribution < -0.4 is 0 Å². The molecule has 7 heteroatoms. The first-order valence-electron chi connectivity index (χ1n) is 9.96. The van der Waals surface area contributed by atoms with E-state index in [9.17, 15) is 4.39 Å². The molecular formula is C21H26FN5S. The van der Waals surface area contributed by atoms with Gasteiger partial charge in [-0.25, -0.2) is 19.0 Å². The van der Waals surface area contributed by atoms with E-state index in [1.807, 2.05) is 16.3 Å². The molecule has 2 aromatic heterocycles. The van der Waals surface area contributed by atoms with Gasteiger partial charge in [0, 0.05) is 29.4 Å². The average molecular weight is 400 g/mol. The number of aromatic nitrogens is 4. The quantitative estimate of drug-likeness (QED) is 0.627. The van der Waals surface area contributed by atoms with E-state index in [0.717, 1.165) is 62.5 Å². The van der Waals surface area contributed by atoms with Gasteiger partial charge in [-0.15, -0.1) is 11.3 Å². The van der Waals surface area contributed by atoms with Gasteiger partial charge in [0.25, 0.3) is 0 Å². The summed E-state index contributed by atoms with van der Waals surface area (Å²) in [5, 5.41) is 4.66. The van der Waals surface area contributed by atoms with Crippen molar-refractivity contribution < 1.29 is 4.39 Å². The zero-order chi connectivity index (χ0) is 19.5. The Morgan fingerprint density at radius 2 is 2.14 bits per heavy atom. The average Bonchev–Trinajstić information content (AvgIpc) is 3.23. The van der Waals surface area contributed by atoms with Gasteiger partial charge in [0.15, 0.2) is 5.82 Å². The molecule has 28 heavy (non-hydrogen) atoms. The van der Waals surface area contributed by atoms with E-state index >= 15 is 0 Å². The lowest BCUT2D eigenvalue weighted by molar-refractivity contribution is 0.277. The molecule has 0 bridgehead atoms. The fourth-order valence-electron chi connectivity index (χ4n) is 3.89. The normalized spacial score (nSPS) is 18.3. The Kier molecular flexibility index (Phi) is 5.82. The van der Waals surface area contributed by atoms with Crippen LogP contribution in [0.25, 0.3) is 11.4 Å². The summed E-state index contributed by atoms with van der Waals surface area (Å²) in [7, 11) is 0. The molecule has 0 radical (unpaired) electrons. The van der Waals surface area contributed by atoms with Gasteiger partial charge in [0.1, 0.15) is 11.6 Å². The van der Waals surface area contributed by atoms with Crippen molar-refractivity contribution in [2.45, 2.75) is 52.1 Å². The van der Waals surface area contributed by atoms with Crippen molar-refractivity contribution in [3.63, 3.8) is 0 Å². The molecule has 0 spiro atoms. The molecule has 3 heterocycles. The van der Waals surface area contributed by atoms with Gasteiger partial charge < -0.3 is 0 Å². The number of thiazole rings is 1. The van der Waals surface area contributed by atoms with Crippen molar-refractivity contribution in [3.8, 4) is 11.4 Å². The molecule has 1 saturated heterocycles. The second kappa shape index (κ2) is 8.49. The first-order chi connectivity index (χ1) is 13.6. The van der Waals surface area contributed by atoms with E-state index in [0.29, 0.717) is 11.7 Å². The molecule has 1 aliphatic heterocycles. The van der Waals surface area contributed by atoms with E-state index in [2.05, 4.69) is 28.8 Å². The summed E-state index contributed by atoms with van der Waals surface area (Å²) in [5.74, 6) is 1.80. The molecule has 5 nitrogen and oxygen atoms in total. The smallest absolute Gasteiger partial charge is 0.181 e. The highest BCUT2D eigenvalue weighted by atomic mass is 32.1. The van der Waals surface area contributed by atoms with Crippen LogP contribution in [-0.2, 0) is 13.1 Å². The van der Waals surface area contributed by atoms with Gasteiger partial charge in [-0.3, -0.25) is 4.90 Å². The molecule has 0 N–H and O–H groups in total. The van der Waals surface area contributed by atoms with Crippen molar-refractivity contribution in [2.75, 3.05) is 13.1 Å². The minimum atomic E-state index is -0.254. The van der Waals surface area contributed by atoms with Crippen LogP contribution in [0.1, 0.15) is 48.5 Å². The van der Waals surface area contributed by atoms with Crippen LogP contribution in [0.4, 0.5) is 4.39 Å². The lowest BCUT2D eigenvalue weighted by Gasteiger charge is -2.19. The van der Waals surface area contributed by atoms with Crippen LogP contribution in [0, 0.1) is 12.7 Å². The van der Waals surface area contributed by atoms with Gasteiger partial charge in [-0.1, -0.05) is 12.1 Å². The number of rotatable bonds is 5. The molecule has 3 aromatic rings. The first kappa shape index (κ1) is 19.2. The van der Waals surface area contributed by atoms with Crippen LogP contribution in [-0.4, -0.2) is 37.7 Å². The molecule has 1 aromatic carbocycles. The Morgan fingerprint density at radius 3 is 2.89 bits per heavy atom. The fraction of sp³-hybridized carbons (Fsp3) is 0.476. The van der Waals surface area contributed by atoms with E-state index < -0.39 is 0 Å². The monoisotopic (exact) mass is 399 g/mol. The molecule has 1 unspecified atom stereocenters. The van der Waals surface area contributed by atoms with E-state index in [1.54, 1.807) is 17.4 Å². The van der Waals surface area contributed by atoms with Crippen LogP contribution in [0.3, 0.4) is 0 Å². The number of hydrogen-bond acceptors (Lipinski definition) is 5. The summed E-state index contributed by atoms with van der Waals surface area (Å²) in [6.45, 7) is 8.09. The number of benzene rings is 1. The van der Waals surface area contributed by atoms with Crippen molar-refractivity contribution in [2.24, 2.45) is 0 Å². The Balaban J connectivity index is 1.50. The molecule has 0 aliphatic carbocycles. The van der Waals surface area contributed by atoms with E-state index in [-0.39, 0.29) is 5.82 Å². The Morgan fingerprint density at radius 1 is 1.25 bits per heavy atom. The lowest BCUT2D eigenvalue weighted by atomic mass is 10.00. The largest absolute Gasteiger partial charge is 0.298 e. The van der Waals surface area contributed by atoms with Gasteiger partial charge >= 0.3 is 0 Å². The second-order valence-electron chi connectivity index (χ2n) is 7.38. The van der Waals surface area contributed by atoms with E-state index in [4.69, 9.17) is 4.98 Å². The van der Waals surface area contributed by atoms with Crippen molar-refractivity contribution in [3.05, 3.63) is 52.0 Å². The highest BCUT2D eigenvalue weighted by Crippen LogP contribution is 2.30. The van der Waals surface area contributed by atoms with Crippen LogP contribution >= 0.6 is 11.3 Å². The van der Waals surface area contributed by atoms with Crippen LogP contribution in [0.5, 0.6) is 0 Å². The van der Waals surface area contributed by atoms with Gasteiger partial charge in [0.2, 0.25) is 0 Å². The third-order valence-electron chi connectivity index (χ3n) is 5.48. The van der Waals surface area contributed by atoms with Gasteiger partial charge in [-0.2, -0.15) is 5.10 Å². The van der Waals surface area contributed by atoms with E-state index in [1.165, 1.54) is 17.0 Å². The van der Waals surface area contributed by atoms with Gasteiger partial charge in [-0.05, 0) is 58.3 Å².